The first kappa shape index (κ1) is 18.6. The van der Waals surface area contributed by atoms with E-state index in [1.54, 1.807) is 55.5 Å². The van der Waals surface area contributed by atoms with Crippen LogP contribution in [0.3, 0.4) is 0 Å². The number of imide groups is 1. The Morgan fingerprint density at radius 1 is 1.07 bits per heavy atom. The lowest BCUT2D eigenvalue weighted by Crippen LogP contribution is -2.36. The topological polar surface area (TPSA) is 88.1 Å². The van der Waals surface area contributed by atoms with Crippen molar-refractivity contribution in [2.45, 2.75) is 6.92 Å². The van der Waals surface area contributed by atoms with Gasteiger partial charge in [-0.1, -0.05) is 35.9 Å². The van der Waals surface area contributed by atoms with Crippen molar-refractivity contribution in [2.24, 2.45) is 5.10 Å². The summed E-state index contributed by atoms with van der Waals surface area (Å²) in [5.74, 6) is -0.818. The Bertz CT molecular complexity index is 890. The molecule has 0 saturated carbocycles. The van der Waals surface area contributed by atoms with Gasteiger partial charge in [-0.2, -0.15) is 5.10 Å². The van der Waals surface area contributed by atoms with Gasteiger partial charge >= 0.3 is 6.09 Å². The van der Waals surface area contributed by atoms with Gasteiger partial charge in [-0.3, -0.25) is 14.5 Å². The van der Waals surface area contributed by atoms with Crippen LogP contribution < -0.4 is 5.43 Å². The Morgan fingerprint density at radius 2 is 1.67 bits per heavy atom. The fraction of sp³-hybridized carbons (Fsp3) is 0.158. The van der Waals surface area contributed by atoms with E-state index in [1.165, 1.54) is 0 Å². The van der Waals surface area contributed by atoms with Crippen molar-refractivity contribution in [3.8, 4) is 0 Å². The zero-order valence-electron chi connectivity index (χ0n) is 14.4. The third-order valence-corrected chi connectivity index (χ3v) is 4.17. The van der Waals surface area contributed by atoms with E-state index >= 15 is 0 Å². The fourth-order valence-electron chi connectivity index (χ4n) is 2.64. The first-order valence-electron chi connectivity index (χ1n) is 8.21. The molecule has 1 aliphatic heterocycles. The largest absolute Gasteiger partial charge is 0.449 e. The quantitative estimate of drug-likeness (QED) is 0.486. The van der Waals surface area contributed by atoms with Gasteiger partial charge in [0, 0.05) is 5.02 Å². The zero-order chi connectivity index (χ0) is 19.4. The number of halogens is 1. The molecule has 0 atom stereocenters. The summed E-state index contributed by atoms with van der Waals surface area (Å²) in [5, 5.41) is 4.57. The number of nitrogens with zero attached hydrogens (tertiary/aromatic N) is 2. The van der Waals surface area contributed by atoms with Gasteiger partial charge in [0.25, 0.3) is 11.8 Å². The van der Waals surface area contributed by atoms with Gasteiger partial charge in [0.1, 0.15) is 0 Å². The van der Waals surface area contributed by atoms with Gasteiger partial charge in [0.2, 0.25) is 0 Å². The number of amides is 3. The summed E-state index contributed by atoms with van der Waals surface area (Å²) in [6.45, 7) is 1.75. The van der Waals surface area contributed by atoms with Crippen LogP contribution in [-0.4, -0.2) is 41.7 Å². The van der Waals surface area contributed by atoms with E-state index in [4.69, 9.17) is 16.3 Å². The van der Waals surface area contributed by atoms with Gasteiger partial charge in [-0.15, -0.1) is 0 Å². The van der Waals surface area contributed by atoms with Crippen molar-refractivity contribution < 1.29 is 19.1 Å². The summed E-state index contributed by atoms with van der Waals surface area (Å²) in [6.07, 6.45) is -0.730. The lowest BCUT2D eigenvalue weighted by molar-refractivity contribution is 0.0677. The summed E-state index contributed by atoms with van der Waals surface area (Å²) in [7, 11) is 0. The highest BCUT2D eigenvalue weighted by Crippen LogP contribution is 2.23. The van der Waals surface area contributed by atoms with Crippen LogP contribution in [0.2, 0.25) is 5.02 Å². The second kappa shape index (κ2) is 8.01. The van der Waals surface area contributed by atoms with Crippen molar-refractivity contribution in [3.05, 3.63) is 70.2 Å². The average molecular weight is 386 g/mol. The summed E-state index contributed by atoms with van der Waals surface area (Å²) in [6, 6.07) is 13.3. The molecule has 27 heavy (non-hydrogen) atoms. The third kappa shape index (κ3) is 3.98. The summed E-state index contributed by atoms with van der Waals surface area (Å²) < 4.78 is 4.78. The molecule has 0 unspecified atom stereocenters. The first-order chi connectivity index (χ1) is 13.0. The summed E-state index contributed by atoms with van der Waals surface area (Å²) >= 11 is 5.91. The average Bonchev–Trinajstić information content (AvgIpc) is 2.91. The molecule has 2 aromatic carbocycles. The Morgan fingerprint density at radius 3 is 2.22 bits per heavy atom. The molecule has 138 valence electrons. The van der Waals surface area contributed by atoms with Crippen molar-refractivity contribution in [1.82, 2.24) is 10.3 Å². The van der Waals surface area contributed by atoms with Crippen LogP contribution >= 0.6 is 11.6 Å². The Labute approximate surface area is 160 Å². The van der Waals surface area contributed by atoms with Gasteiger partial charge in [0.15, 0.2) is 0 Å². The highest BCUT2D eigenvalue weighted by molar-refractivity contribution is 6.30. The third-order valence-electron chi connectivity index (χ3n) is 3.92. The molecular formula is C19H16ClN3O4. The second-order valence-electron chi connectivity index (χ2n) is 5.64. The number of carbonyl (C=O) groups is 3. The predicted octanol–water partition coefficient (Wildman–Crippen LogP) is 3.09. The van der Waals surface area contributed by atoms with E-state index in [9.17, 15) is 14.4 Å². The predicted molar refractivity (Wildman–Crippen MR) is 100.0 cm³/mol. The van der Waals surface area contributed by atoms with Gasteiger partial charge in [0.05, 0.1) is 30.0 Å². The fourth-order valence-corrected chi connectivity index (χ4v) is 2.77. The number of hydrogen-bond donors (Lipinski definition) is 1. The van der Waals surface area contributed by atoms with Crippen molar-refractivity contribution in [3.63, 3.8) is 0 Å². The van der Waals surface area contributed by atoms with E-state index < -0.39 is 17.9 Å². The number of hydrazone groups is 1. The number of benzene rings is 2. The van der Waals surface area contributed by atoms with Crippen molar-refractivity contribution in [1.29, 1.82) is 0 Å². The minimum atomic E-state index is -0.730. The molecule has 0 fully saturated rings. The van der Waals surface area contributed by atoms with Gasteiger partial charge < -0.3 is 4.74 Å². The van der Waals surface area contributed by atoms with E-state index in [0.717, 1.165) is 4.90 Å². The molecule has 0 spiro atoms. The summed E-state index contributed by atoms with van der Waals surface area (Å²) in [5.41, 5.74) is 3.87. The van der Waals surface area contributed by atoms with Crippen LogP contribution in [0.4, 0.5) is 4.79 Å². The molecule has 0 aromatic heterocycles. The maximum Gasteiger partial charge on any atom is 0.427 e. The van der Waals surface area contributed by atoms with E-state index in [1.807, 2.05) is 0 Å². The highest BCUT2D eigenvalue weighted by atomic mass is 35.5. The molecule has 1 N–H and O–H groups in total. The molecule has 2 aromatic rings. The van der Waals surface area contributed by atoms with Crippen molar-refractivity contribution >= 4 is 35.2 Å². The minimum Gasteiger partial charge on any atom is -0.449 e. The Balaban J connectivity index is 1.89. The van der Waals surface area contributed by atoms with E-state index in [2.05, 4.69) is 10.5 Å². The minimum absolute atomic E-state index is 0.111. The van der Waals surface area contributed by atoms with Gasteiger partial charge in [-0.25, -0.2) is 10.2 Å². The number of hydrogen-bond acceptors (Lipinski definition) is 5. The van der Waals surface area contributed by atoms with Crippen LogP contribution in [0.15, 0.2) is 53.6 Å². The molecule has 3 amide bonds. The molecule has 0 bridgehead atoms. The maximum absolute atomic E-state index is 12.6. The monoisotopic (exact) mass is 385 g/mol. The van der Waals surface area contributed by atoms with Crippen LogP contribution in [0.5, 0.6) is 0 Å². The molecule has 1 aliphatic rings. The maximum atomic E-state index is 12.6. The molecule has 0 radical (unpaired) electrons. The lowest BCUT2D eigenvalue weighted by atomic mass is 10.1. The first-order valence-corrected chi connectivity index (χ1v) is 8.59. The smallest absolute Gasteiger partial charge is 0.427 e. The molecule has 1 heterocycles. The standard InChI is InChI=1S/C19H16ClN3O4/c1-2-27-19(26)22-21-16(12-7-9-13(20)10-8-12)11-23-17(24)14-5-3-4-6-15(14)18(23)25/h3-10H,2,11H2,1H3,(H,22,26). The molecule has 3 rings (SSSR count). The van der Waals surface area contributed by atoms with Crippen LogP contribution in [0, 0.1) is 0 Å². The molecule has 8 heteroatoms. The van der Waals surface area contributed by atoms with Crippen LogP contribution in [0.25, 0.3) is 0 Å². The number of ether oxygens (including phenoxy) is 1. The van der Waals surface area contributed by atoms with Gasteiger partial charge in [-0.05, 0) is 36.8 Å². The highest BCUT2D eigenvalue weighted by Gasteiger charge is 2.35. The molecule has 7 nitrogen and oxygen atoms in total. The molecular weight excluding hydrogens is 370 g/mol. The molecule has 0 saturated heterocycles. The normalized spacial score (nSPS) is 13.6. The Kier molecular flexibility index (Phi) is 5.52. The number of nitrogens with one attached hydrogen (secondary N) is 1. The number of fused-ring (bicyclic) bond motifs is 1. The zero-order valence-corrected chi connectivity index (χ0v) is 15.2. The number of rotatable bonds is 5. The second-order valence-corrected chi connectivity index (χ2v) is 6.08. The SMILES string of the molecule is CCOC(=O)NN=C(CN1C(=O)c2ccccc2C1=O)c1ccc(Cl)cc1. The Hall–Kier alpha value is -3.19. The van der Waals surface area contributed by atoms with Crippen molar-refractivity contribution in [2.75, 3.05) is 13.2 Å². The lowest BCUT2D eigenvalue weighted by Gasteiger charge is -2.16. The van der Waals surface area contributed by atoms with E-state index in [-0.39, 0.29) is 13.2 Å². The molecule has 0 aliphatic carbocycles. The number of carbonyl (C=O) groups excluding carboxylic acids is 3. The van der Waals surface area contributed by atoms with Crippen LogP contribution in [-0.2, 0) is 4.74 Å². The van der Waals surface area contributed by atoms with E-state index in [0.29, 0.717) is 27.4 Å². The summed E-state index contributed by atoms with van der Waals surface area (Å²) in [4.78, 5) is 37.8. The van der Waals surface area contributed by atoms with Crippen LogP contribution in [0.1, 0.15) is 33.2 Å².